The van der Waals surface area contributed by atoms with Crippen molar-refractivity contribution in [1.29, 1.82) is 0 Å². The van der Waals surface area contributed by atoms with Crippen molar-refractivity contribution in [3.63, 3.8) is 0 Å². The summed E-state index contributed by atoms with van der Waals surface area (Å²) in [6.07, 6.45) is 11.1. The van der Waals surface area contributed by atoms with Crippen molar-refractivity contribution >= 4 is 5.97 Å². The molecule has 3 heteroatoms. The first-order chi connectivity index (χ1) is 9.16. The van der Waals surface area contributed by atoms with Crippen molar-refractivity contribution in [1.82, 2.24) is 4.98 Å². The smallest absolute Gasteiger partial charge is 0.336 e. The summed E-state index contributed by atoms with van der Waals surface area (Å²) in [4.78, 5) is 15.7. The van der Waals surface area contributed by atoms with Crippen LogP contribution in [-0.4, -0.2) is 16.1 Å². The lowest BCUT2D eigenvalue weighted by atomic mass is 9.48. The van der Waals surface area contributed by atoms with E-state index >= 15 is 0 Å². The van der Waals surface area contributed by atoms with Crippen molar-refractivity contribution in [2.75, 3.05) is 0 Å². The van der Waals surface area contributed by atoms with Crippen LogP contribution in [-0.2, 0) is 5.41 Å². The molecule has 4 bridgehead atoms. The number of pyridine rings is 1. The van der Waals surface area contributed by atoms with Crippen LogP contribution in [0.5, 0.6) is 0 Å². The average Bonchev–Trinajstić information content (AvgIpc) is 2.37. The zero-order valence-corrected chi connectivity index (χ0v) is 11.0. The molecule has 1 N–H and O–H groups in total. The molecule has 4 aliphatic rings. The van der Waals surface area contributed by atoms with Crippen LogP contribution < -0.4 is 0 Å². The second-order valence-electron chi connectivity index (χ2n) is 6.92. The van der Waals surface area contributed by atoms with Gasteiger partial charge in [0.05, 0.1) is 5.56 Å². The second-order valence-corrected chi connectivity index (χ2v) is 6.92. The van der Waals surface area contributed by atoms with E-state index in [0.29, 0.717) is 5.56 Å². The highest BCUT2D eigenvalue weighted by Crippen LogP contribution is 2.61. The number of carbonyl (C=O) groups is 1. The van der Waals surface area contributed by atoms with E-state index in [9.17, 15) is 9.90 Å². The third-order valence-corrected chi connectivity index (χ3v) is 5.66. The van der Waals surface area contributed by atoms with E-state index in [1.807, 2.05) is 6.20 Å². The molecule has 0 amide bonds. The quantitative estimate of drug-likeness (QED) is 0.884. The maximum Gasteiger partial charge on any atom is 0.336 e. The molecule has 0 aliphatic heterocycles. The van der Waals surface area contributed by atoms with Crippen LogP contribution in [0.3, 0.4) is 0 Å². The van der Waals surface area contributed by atoms with Crippen molar-refractivity contribution < 1.29 is 9.90 Å². The Labute approximate surface area is 113 Å². The van der Waals surface area contributed by atoms with Crippen LogP contribution in [0, 0.1) is 17.8 Å². The van der Waals surface area contributed by atoms with E-state index in [4.69, 9.17) is 0 Å². The number of carboxylic acids is 1. The summed E-state index contributed by atoms with van der Waals surface area (Å²) in [6, 6.07) is 1.68. The van der Waals surface area contributed by atoms with Crippen LogP contribution in [0.15, 0.2) is 18.5 Å². The molecule has 4 fully saturated rings. The Morgan fingerprint density at radius 3 is 2.26 bits per heavy atom. The lowest BCUT2D eigenvalue weighted by Crippen LogP contribution is -2.49. The Morgan fingerprint density at radius 2 is 1.74 bits per heavy atom. The normalized spacial score (nSPS) is 39.5. The minimum Gasteiger partial charge on any atom is -0.478 e. The Hall–Kier alpha value is -1.38. The van der Waals surface area contributed by atoms with Gasteiger partial charge < -0.3 is 5.11 Å². The van der Waals surface area contributed by atoms with Gasteiger partial charge in [-0.3, -0.25) is 4.98 Å². The summed E-state index contributed by atoms with van der Waals surface area (Å²) in [5, 5.41) is 9.44. The van der Waals surface area contributed by atoms with Gasteiger partial charge in [0.25, 0.3) is 0 Å². The molecule has 4 aliphatic carbocycles. The first kappa shape index (κ1) is 11.4. The van der Waals surface area contributed by atoms with E-state index in [1.54, 1.807) is 12.3 Å². The van der Waals surface area contributed by atoms with Gasteiger partial charge in [-0.25, -0.2) is 4.79 Å². The van der Waals surface area contributed by atoms with Crippen LogP contribution in [0.4, 0.5) is 0 Å². The Balaban J connectivity index is 1.82. The van der Waals surface area contributed by atoms with Gasteiger partial charge in [0, 0.05) is 12.4 Å². The molecule has 0 atom stereocenters. The standard InChI is InChI=1S/C16H19NO2/c18-15(19)13-1-2-17-9-14(13)16-6-10-3-11(7-16)5-12(4-10)8-16/h1-2,9-12H,3-8H2,(H,18,19). The Bertz CT molecular complexity index is 502. The van der Waals surface area contributed by atoms with E-state index in [0.717, 1.165) is 23.3 Å². The van der Waals surface area contributed by atoms with Crippen LogP contribution in [0.2, 0.25) is 0 Å². The molecule has 5 rings (SSSR count). The minimum atomic E-state index is -0.798. The highest BCUT2D eigenvalue weighted by Gasteiger charge is 2.52. The van der Waals surface area contributed by atoms with Crippen molar-refractivity contribution in [3.05, 3.63) is 29.6 Å². The maximum atomic E-state index is 11.5. The van der Waals surface area contributed by atoms with Crippen molar-refractivity contribution in [3.8, 4) is 0 Å². The van der Waals surface area contributed by atoms with Gasteiger partial charge in [0.15, 0.2) is 0 Å². The van der Waals surface area contributed by atoms with Crippen LogP contribution in [0.25, 0.3) is 0 Å². The largest absolute Gasteiger partial charge is 0.478 e. The van der Waals surface area contributed by atoms with Crippen LogP contribution in [0.1, 0.15) is 54.4 Å². The molecule has 0 saturated heterocycles. The van der Waals surface area contributed by atoms with E-state index in [1.165, 1.54) is 38.5 Å². The predicted molar refractivity (Wildman–Crippen MR) is 71.0 cm³/mol. The van der Waals surface area contributed by atoms with Gasteiger partial charge in [-0.05, 0) is 73.3 Å². The maximum absolute atomic E-state index is 11.5. The predicted octanol–water partition coefficient (Wildman–Crippen LogP) is 3.25. The zero-order valence-electron chi connectivity index (χ0n) is 11.0. The number of carboxylic acid groups (broad SMARTS) is 1. The summed E-state index contributed by atoms with van der Waals surface area (Å²) in [6.45, 7) is 0. The number of rotatable bonds is 2. The summed E-state index contributed by atoms with van der Waals surface area (Å²) < 4.78 is 0. The minimum absolute atomic E-state index is 0.122. The summed E-state index contributed by atoms with van der Waals surface area (Å²) in [5.74, 6) is 1.68. The summed E-state index contributed by atoms with van der Waals surface area (Å²) in [5.41, 5.74) is 1.62. The number of aromatic carboxylic acids is 1. The number of hydrogen-bond acceptors (Lipinski definition) is 2. The molecule has 100 valence electrons. The topological polar surface area (TPSA) is 50.2 Å². The van der Waals surface area contributed by atoms with Gasteiger partial charge >= 0.3 is 5.97 Å². The lowest BCUT2D eigenvalue weighted by molar-refractivity contribution is -0.00597. The molecule has 19 heavy (non-hydrogen) atoms. The molecule has 0 spiro atoms. The number of aromatic nitrogens is 1. The van der Waals surface area contributed by atoms with E-state index in [2.05, 4.69) is 4.98 Å². The number of nitrogens with zero attached hydrogens (tertiary/aromatic N) is 1. The molecule has 1 heterocycles. The lowest BCUT2D eigenvalue weighted by Gasteiger charge is -2.57. The Morgan fingerprint density at radius 1 is 1.16 bits per heavy atom. The molecule has 0 aromatic carbocycles. The van der Waals surface area contributed by atoms with E-state index < -0.39 is 5.97 Å². The number of hydrogen-bond donors (Lipinski definition) is 1. The van der Waals surface area contributed by atoms with Gasteiger partial charge in [-0.1, -0.05) is 0 Å². The summed E-state index contributed by atoms with van der Waals surface area (Å²) in [7, 11) is 0. The van der Waals surface area contributed by atoms with Gasteiger partial charge in [-0.15, -0.1) is 0 Å². The van der Waals surface area contributed by atoms with Gasteiger partial charge in [0.1, 0.15) is 0 Å². The van der Waals surface area contributed by atoms with Gasteiger partial charge in [0.2, 0.25) is 0 Å². The highest BCUT2D eigenvalue weighted by atomic mass is 16.4. The fourth-order valence-electron chi connectivity index (χ4n) is 5.44. The fourth-order valence-corrected chi connectivity index (χ4v) is 5.44. The first-order valence-electron chi connectivity index (χ1n) is 7.34. The summed E-state index contributed by atoms with van der Waals surface area (Å²) >= 11 is 0. The molecular weight excluding hydrogens is 238 g/mol. The Kier molecular flexibility index (Phi) is 2.30. The second kappa shape index (κ2) is 3.81. The third-order valence-electron chi connectivity index (χ3n) is 5.66. The molecule has 1 aromatic heterocycles. The molecular formula is C16H19NO2. The SMILES string of the molecule is O=C(O)c1ccncc1C12CC3CC(CC(C3)C1)C2. The highest BCUT2D eigenvalue weighted by molar-refractivity contribution is 5.89. The molecule has 4 saturated carbocycles. The van der Waals surface area contributed by atoms with Crippen molar-refractivity contribution in [2.45, 2.75) is 43.9 Å². The van der Waals surface area contributed by atoms with Crippen LogP contribution >= 0.6 is 0 Å². The van der Waals surface area contributed by atoms with Crippen molar-refractivity contribution in [2.24, 2.45) is 17.8 Å². The third kappa shape index (κ3) is 1.63. The fraction of sp³-hybridized carbons (Fsp3) is 0.625. The average molecular weight is 257 g/mol. The van der Waals surface area contributed by atoms with Gasteiger partial charge in [-0.2, -0.15) is 0 Å². The zero-order chi connectivity index (χ0) is 13.0. The first-order valence-corrected chi connectivity index (χ1v) is 7.34. The molecule has 3 nitrogen and oxygen atoms in total. The molecule has 0 radical (unpaired) electrons. The monoisotopic (exact) mass is 257 g/mol. The molecule has 1 aromatic rings. The van der Waals surface area contributed by atoms with E-state index in [-0.39, 0.29) is 5.41 Å². The molecule has 0 unspecified atom stereocenters.